The summed E-state index contributed by atoms with van der Waals surface area (Å²) in [4.78, 5) is 11.7. The summed E-state index contributed by atoms with van der Waals surface area (Å²) in [5, 5.41) is 3.47. The SMILES string of the molecule is CCCCCc1cc(OC(C)=O)c2c(c1)OC(CC)(CC)C1=C2CNC1. The zero-order chi connectivity index (χ0) is 18.7. The van der Waals surface area contributed by atoms with E-state index in [9.17, 15) is 4.79 Å². The van der Waals surface area contributed by atoms with Crippen LogP contribution in [0.5, 0.6) is 11.5 Å². The van der Waals surface area contributed by atoms with Crippen LogP contribution in [0.3, 0.4) is 0 Å². The fourth-order valence-electron chi connectivity index (χ4n) is 4.28. The van der Waals surface area contributed by atoms with Crippen LogP contribution in [0.4, 0.5) is 0 Å². The maximum atomic E-state index is 11.7. The molecule has 1 N–H and O–H groups in total. The maximum absolute atomic E-state index is 11.7. The zero-order valence-corrected chi connectivity index (χ0v) is 16.5. The second-order valence-corrected chi connectivity index (χ2v) is 7.38. The second kappa shape index (κ2) is 7.83. The summed E-state index contributed by atoms with van der Waals surface area (Å²) >= 11 is 0. The highest BCUT2D eigenvalue weighted by Gasteiger charge is 2.43. The monoisotopic (exact) mass is 357 g/mol. The Morgan fingerprint density at radius 1 is 1.19 bits per heavy atom. The lowest BCUT2D eigenvalue weighted by Crippen LogP contribution is -2.41. The molecule has 4 nitrogen and oxygen atoms in total. The lowest BCUT2D eigenvalue weighted by atomic mass is 9.81. The number of ether oxygens (including phenoxy) is 2. The molecule has 1 aromatic rings. The predicted molar refractivity (Wildman–Crippen MR) is 105 cm³/mol. The normalized spacial score (nSPS) is 17.5. The summed E-state index contributed by atoms with van der Waals surface area (Å²) in [6.45, 7) is 9.69. The van der Waals surface area contributed by atoms with Crippen molar-refractivity contribution in [3.8, 4) is 11.5 Å². The van der Waals surface area contributed by atoms with Crippen molar-refractivity contribution in [2.45, 2.75) is 71.8 Å². The smallest absolute Gasteiger partial charge is 0.308 e. The number of rotatable bonds is 7. The van der Waals surface area contributed by atoms with Crippen LogP contribution in [-0.4, -0.2) is 24.7 Å². The van der Waals surface area contributed by atoms with E-state index in [4.69, 9.17) is 9.47 Å². The minimum atomic E-state index is -0.283. The molecule has 0 saturated carbocycles. The molecule has 0 spiro atoms. The quantitative estimate of drug-likeness (QED) is 0.438. The first-order chi connectivity index (χ1) is 12.5. The number of esters is 1. The Balaban J connectivity index is 2.10. The van der Waals surface area contributed by atoms with E-state index in [-0.39, 0.29) is 11.6 Å². The van der Waals surface area contributed by atoms with Crippen LogP contribution in [-0.2, 0) is 11.2 Å². The highest BCUT2D eigenvalue weighted by Crippen LogP contribution is 2.49. The average Bonchev–Trinajstić information content (AvgIpc) is 3.10. The van der Waals surface area contributed by atoms with E-state index >= 15 is 0 Å². The molecule has 2 aliphatic heterocycles. The topological polar surface area (TPSA) is 47.6 Å². The maximum Gasteiger partial charge on any atom is 0.308 e. The van der Waals surface area contributed by atoms with Crippen LogP contribution >= 0.6 is 0 Å². The Morgan fingerprint density at radius 3 is 2.62 bits per heavy atom. The van der Waals surface area contributed by atoms with Gasteiger partial charge in [0.2, 0.25) is 0 Å². The van der Waals surface area contributed by atoms with E-state index < -0.39 is 0 Å². The van der Waals surface area contributed by atoms with Gasteiger partial charge in [0, 0.05) is 20.0 Å². The number of nitrogens with one attached hydrogen (secondary N) is 1. The highest BCUT2D eigenvalue weighted by molar-refractivity contribution is 5.85. The fraction of sp³-hybridized carbons (Fsp3) is 0.591. The van der Waals surface area contributed by atoms with Crippen molar-refractivity contribution in [2.24, 2.45) is 0 Å². The van der Waals surface area contributed by atoms with Crippen LogP contribution in [0, 0.1) is 0 Å². The van der Waals surface area contributed by atoms with Gasteiger partial charge in [-0.2, -0.15) is 0 Å². The summed E-state index contributed by atoms with van der Waals surface area (Å²) in [7, 11) is 0. The van der Waals surface area contributed by atoms with Gasteiger partial charge in [0.1, 0.15) is 17.1 Å². The Bertz CT molecular complexity index is 716. The van der Waals surface area contributed by atoms with Crippen LogP contribution < -0.4 is 14.8 Å². The van der Waals surface area contributed by atoms with Gasteiger partial charge < -0.3 is 14.8 Å². The van der Waals surface area contributed by atoms with Crippen molar-refractivity contribution in [1.82, 2.24) is 5.32 Å². The first kappa shape index (κ1) is 19.0. The molecule has 0 aromatic heterocycles. The van der Waals surface area contributed by atoms with Crippen molar-refractivity contribution in [1.29, 1.82) is 0 Å². The Labute approximate surface area is 157 Å². The molecular formula is C22H31NO3. The number of benzene rings is 1. The molecule has 26 heavy (non-hydrogen) atoms. The van der Waals surface area contributed by atoms with Gasteiger partial charge in [-0.25, -0.2) is 0 Å². The third-order valence-electron chi connectivity index (χ3n) is 5.72. The van der Waals surface area contributed by atoms with Crippen LogP contribution in [0.1, 0.15) is 70.9 Å². The van der Waals surface area contributed by atoms with E-state index in [2.05, 4.69) is 32.2 Å². The zero-order valence-electron chi connectivity index (χ0n) is 16.5. The van der Waals surface area contributed by atoms with Crippen molar-refractivity contribution < 1.29 is 14.3 Å². The number of aryl methyl sites for hydroxylation is 1. The summed E-state index contributed by atoms with van der Waals surface area (Å²) in [5.41, 5.74) is 4.48. The van der Waals surface area contributed by atoms with Gasteiger partial charge in [-0.15, -0.1) is 0 Å². The molecule has 0 atom stereocenters. The molecule has 0 saturated heterocycles. The van der Waals surface area contributed by atoms with Crippen LogP contribution in [0.25, 0.3) is 5.57 Å². The van der Waals surface area contributed by atoms with E-state index in [1.165, 1.54) is 36.5 Å². The molecule has 2 heterocycles. The molecule has 4 heteroatoms. The van der Waals surface area contributed by atoms with Gasteiger partial charge in [-0.05, 0) is 54.5 Å². The van der Waals surface area contributed by atoms with E-state index in [0.29, 0.717) is 5.75 Å². The van der Waals surface area contributed by atoms with E-state index in [0.717, 1.165) is 50.1 Å². The molecule has 0 radical (unpaired) electrons. The molecule has 0 bridgehead atoms. The first-order valence-corrected chi connectivity index (χ1v) is 10.0. The minimum Gasteiger partial charge on any atom is -0.482 e. The third kappa shape index (κ3) is 3.39. The van der Waals surface area contributed by atoms with Gasteiger partial charge in [-0.1, -0.05) is 33.6 Å². The standard InChI is InChI=1S/C22H31NO3/c1-5-8-9-10-16-11-19(25-15(4)24)21-17-13-23-14-18(17)22(6-2,7-3)26-20(21)12-16/h11-12,23H,5-10,13-14H2,1-4H3. The van der Waals surface area contributed by atoms with Gasteiger partial charge in [0.05, 0.1) is 5.56 Å². The van der Waals surface area contributed by atoms with Crippen LogP contribution in [0.15, 0.2) is 17.7 Å². The number of carbonyl (C=O) groups excluding carboxylic acids is 1. The third-order valence-corrected chi connectivity index (χ3v) is 5.72. The van der Waals surface area contributed by atoms with Crippen LogP contribution in [0.2, 0.25) is 0 Å². The summed E-state index contributed by atoms with van der Waals surface area (Å²) in [5.74, 6) is 1.24. The molecule has 0 aliphatic carbocycles. The summed E-state index contributed by atoms with van der Waals surface area (Å²) < 4.78 is 12.2. The average molecular weight is 357 g/mol. The molecule has 2 aliphatic rings. The molecule has 0 amide bonds. The van der Waals surface area contributed by atoms with E-state index in [1.54, 1.807) is 0 Å². The van der Waals surface area contributed by atoms with Crippen molar-refractivity contribution in [3.63, 3.8) is 0 Å². The Kier molecular flexibility index (Phi) is 5.71. The first-order valence-electron chi connectivity index (χ1n) is 10.0. The Morgan fingerprint density at radius 2 is 1.96 bits per heavy atom. The molecular weight excluding hydrogens is 326 g/mol. The number of carbonyl (C=O) groups is 1. The number of fused-ring (bicyclic) bond motifs is 2. The fourth-order valence-corrected chi connectivity index (χ4v) is 4.28. The minimum absolute atomic E-state index is 0.249. The Hall–Kier alpha value is -1.81. The highest BCUT2D eigenvalue weighted by atomic mass is 16.5. The van der Waals surface area contributed by atoms with Gasteiger partial charge in [-0.3, -0.25) is 4.79 Å². The molecule has 142 valence electrons. The molecule has 0 unspecified atom stereocenters. The number of hydrogen-bond donors (Lipinski definition) is 1. The lowest BCUT2D eigenvalue weighted by Gasteiger charge is -2.39. The molecule has 1 aromatic carbocycles. The number of hydrogen-bond acceptors (Lipinski definition) is 4. The lowest BCUT2D eigenvalue weighted by molar-refractivity contribution is -0.131. The largest absolute Gasteiger partial charge is 0.482 e. The van der Waals surface area contributed by atoms with Crippen molar-refractivity contribution in [2.75, 3.05) is 13.1 Å². The van der Waals surface area contributed by atoms with Crippen molar-refractivity contribution in [3.05, 3.63) is 28.8 Å². The van der Waals surface area contributed by atoms with E-state index in [1.807, 2.05) is 6.07 Å². The number of unbranched alkanes of at least 4 members (excludes halogenated alkanes) is 2. The second-order valence-electron chi connectivity index (χ2n) is 7.38. The van der Waals surface area contributed by atoms with Gasteiger partial charge in [0.25, 0.3) is 0 Å². The van der Waals surface area contributed by atoms with Gasteiger partial charge >= 0.3 is 5.97 Å². The summed E-state index contributed by atoms with van der Waals surface area (Å²) in [6, 6.07) is 4.20. The predicted octanol–water partition coefficient (Wildman–Crippen LogP) is 4.65. The van der Waals surface area contributed by atoms with Gasteiger partial charge in [0.15, 0.2) is 0 Å². The summed E-state index contributed by atoms with van der Waals surface area (Å²) in [6.07, 6.45) is 6.38. The molecule has 3 rings (SSSR count). The van der Waals surface area contributed by atoms with Crippen molar-refractivity contribution >= 4 is 11.5 Å². The molecule has 0 fully saturated rings.